The van der Waals surface area contributed by atoms with Crippen LogP contribution in [-0.4, -0.2) is 11.0 Å². The van der Waals surface area contributed by atoms with Gasteiger partial charge < -0.3 is 10.8 Å². The van der Waals surface area contributed by atoms with Gasteiger partial charge in [0, 0.05) is 0 Å². The van der Waals surface area contributed by atoms with Gasteiger partial charge in [-0.2, -0.15) is 0 Å². The molecule has 0 heterocycles. The molecular formula is C9H9NO2. The van der Waals surface area contributed by atoms with E-state index in [1.807, 2.05) is 6.07 Å². The predicted octanol–water partition coefficient (Wildman–Crippen LogP) is 1.07. The maximum atomic E-state index is 10.4. The minimum absolute atomic E-state index is 0.429. The number of nitrogens with two attached hydrogens (primary N) is 1. The van der Waals surface area contributed by atoms with E-state index in [9.17, 15) is 4.79 Å². The molecule has 0 aromatic heterocycles. The van der Waals surface area contributed by atoms with E-state index in [0.29, 0.717) is 0 Å². The number of rotatable bonds is 2. The van der Waals surface area contributed by atoms with Crippen molar-refractivity contribution >= 4 is 12.0 Å². The molecule has 3 N–H and O–H groups in total. The zero-order valence-electron chi connectivity index (χ0n) is 6.40. The third-order valence-electron chi connectivity index (χ3n) is 1.36. The summed E-state index contributed by atoms with van der Waals surface area (Å²) in [5, 5.41) is 8.97. The lowest BCUT2D eigenvalue weighted by Gasteiger charge is -1.93. The molecule has 1 amide bonds. The number of carbonyl (C=O) groups is 1. The summed E-state index contributed by atoms with van der Waals surface area (Å²) in [6, 6.07) is 8.98. The van der Waals surface area contributed by atoms with Crippen LogP contribution in [0.4, 0.5) is 0 Å². The molecule has 0 aliphatic rings. The topological polar surface area (TPSA) is 63.3 Å². The van der Waals surface area contributed by atoms with Gasteiger partial charge in [-0.15, -0.1) is 0 Å². The van der Waals surface area contributed by atoms with Gasteiger partial charge in [-0.1, -0.05) is 30.3 Å². The summed E-state index contributed by atoms with van der Waals surface area (Å²) in [6.07, 6.45) is 1.32. The second-order valence-corrected chi connectivity index (χ2v) is 2.30. The Balaban J connectivity index is 2.89. The van der Waals surface area contributed by atoms with Crippen LogP contribution in [0.25, 0.3) is 6.08 Å². The molecule has 0 unspecified atom stereocenters. The Kier molecular flexibility index (Phi) is 2.48. The van der Waals surface area contributed by atoms with Gasteiger partial charge in [0.1, 0.15) is 0 Å². The van der Waals surface area contributed by atoms with Crippen molar-refractivity contribution in [3.63, 3.8) is 0 Å². The average molecular weight is 163 g/mol. The number of aliphatic hydroxyl groups is 1. The summed E-state index contributed by atoms with van der Waals surface area (Å²) in [4.78, 5) is 10.4. The van der Waals surface area contributed by atoms with E-state index in [-0.39, 0.29) is 0 Å². The Hall–Kier alpha value is -1.77. The van der Waals surface area contributed by atoms with E-state index in [0.717, 1.165) is 5.56 Å². The normalized spacial score (nSPS) is 11.2. The van der Waals surface area contributed by atoms with Crippen molar-refractivity contribution in [3.05, 3.63) is 41.7 Å². The zero-order chi connectivity index (χ0) is 8.97. The van der Waals surface area contributed by atoms with Crippen LogP contribution < -0.4 is 5.73 Å². The van der Waals surface area contributed by atoms with E-state index >= 15 is 0 Å². The maximum absolute atomic E-state index is 10.4. The Bertz CT molecular complexity index is 304. The van der Waals surface area contributed by atoms with Crippen LogP contribution in [0.1, 0.15) is 5.56 Å². The first-order valence-corrected chi connectivity index (χ1v) is 3.45. The fraction of sp³-hybridized carbons (Fsp3) is 0. The molecule has 0 radical (unpaired) electrons. The van der Waals surface area contributed by atoms with Gasteiger partial charge in [0.15, 0.2) is 5.76 Å². The number of hydrogen-bond donors (Lipinski definition) is 2. The number of benzene rings is 1. The highest BCUT2D eigenvalue weighted by molar-refractivity contribution is 5.93. The largest absolute Gasteiger partial charge is 0.503 e. The Morgan fingerprint density at radius 3 is 2.42 bits per heavy atom. The van der Waals surface area contributed by atoms with Crippen molar-refractivity contribution in [2.45, 2.75) is 0 Å². The number of aliphatic hydroxyl groups excluding tert-OH is 1. The van der Waals surface area contributed by atoms with Gasteiger partial charge >= 0.3 is 0 Å². The molecule has 12 heavy (non-hydrogen) atoms. The summed E-state index contributed by atoms with van der Waals surface area (Å²) in [5.74, 6) is -1.25. The minimum Gasteiger partial charge on any atom is -0.503 e. The second-order valence-electron chi connectivity index (χ2n) is 2.30. The van der Waals surface area contributed by atoms with Crippen molar-refractivity contribution in [1.29, 1.82) is 0 Å². The fourth-order valence-corrected chi connectivity index (χ4v) is 0.778. The summed E-state index contributed by atoms with van der Waals surface area (Å²) >= 11 is 0. The van der Waals surface area contributed by atoms with Crippen LogP contribution >= 0.6 is 0 Å². The lowest BCUT2D eigenvalue weighted by molar-refractivity contribution is -0.116. The van der Waals surface area contributed by atoms with Crippen LogP contribution in [-0.2, 0) is 4.79 Å². The lowest BCUT2D eigenvalue weighted by Crippen LogP contribution is -2.12. The third-order valence-corrected chi connectivity index (χ3v) is 1.36. The second kappa shape index (κ2) is 3.57. The molecule has 0 aliphatic heterocycles. The Morgan fingerprint density at radius 2 is 1.92 bits per heavy atom. The molecule has 0 aliphatic carbocycles. The number of amides is 1. The van der Waals surface area contributed by atoms with Gasteiger partial charge in [0.2, 0.25) is 0 Å². The molecule has 0 bridgehead atoms. The monoisotopic (exact) mass is 163 g/mol. The molecular weight excluding hydrogens is 154 g/mol. The van der Waals surface area contributed by atoms with Crippen molar-refractivity contribution in [2.24, 2.45) is 5.73 Å². The van der Waals surface area contributed by atoms with Gasteiger partial charge in [-0.25, -0.2) is 0 Å². The number of hydrogen-bond acceptors (Lipinski definition) is 2. The van der Waals surface area contributed by atoms with Crippen LogP contribution in [0.5, 0.6) is 0 Å². The lowest BCUT2D eigenvalue weighted by atomic mass is 10.2. The summed E-state index contributed by atoms with van der Waals surface area (Å²) in [7, 11) is 0. The summed E-state index contributed by atoms with van der Waals surface area (Å²) in [5.41, 5.74) is 5.57. The first-order valence-electron chi connectivity index (χ1n) is 3.45. The van der Waals surface area contributed by atoms with E-state index in [1.54, 1.807) is 24.3 Å². The third kappa shape index (κ3) is 2.12. The molecule has 1 aromatic rings. The van der Waals surface area contributed by atoms with E-state index < -0.39 is 11.7 Å². The summed E-state index contributed by atoms with van der Waals surface area (Å²) < 4.78 is 0. The molecule has 3 nitrogen and oxygen atoms in total. The first kappa shape index (κ1) is 8.33. The molecule has 0 spiro atoms. The van der Waals surface area contributed by atoms with Crippen molar-refractivity contribution in [1.82, 2.24) is 0 Å². The molecule has 1 aromatic carbocycles. The van der Waals surface area contributed by atoms with Gasteiger partial charge in [0.05, 0.1) is 0 Å². The molecule has 62 valence electrons. The van der Waals surface area contributed by atoms with Gasteiger partial charge in [-0.05, 0) is 11.6 Å². The fourth-order valence-electron chi connectivity index (χ4n) is 0.778. The highest BCUT2D eigenvalue weighted by atomic mass is 16.3. The quantitative estimate of drug-likeness (QED) is 0.506. The van der Waals surface area contributed by atoms with Crippen LogP contribution in [0.2, 0.25) is 0 Å². The SMILES string of the molecule is NC(=O)/C(O)=C\c1ccccc1. The minimum atomic E-state index is -0.821. The standard InChI is InChI=1S/C9H9NO2/c10-9(12)8(11)6-7-4-2-1-3-5-7/h1-6,11H,(H2,10,12)/b8-6+. The Labute approximate surface area is 70.1 Å². The molecule has 0 fully saturated rings. The van der Waals surface area contributed by atoms with Gasteiger partial charge in [-0.3, -0.25) is 4.79 Å². The van der Waals surface area contributed by atoms with Crippen molar-refractivity contribution < 1.29 is 9.90 Å². The molecule has 3 heteroatoms. The average Bonchev–Trinajstić information content (AvgIpc) is 2.06. The molecule has 1 rings (SSSR count). The molecule has 0 saturated carbocycles. The van der Waals surface area contributed by atoms with Crippen LogP contribution in [0.15, 0.2) is 36.1 Å². The summed E-state index contributed by atoms with van der Waals surface area (Å²) in [6.45, 7) is 0. The van der Waals surface area contributed by atoms with E-state index in [1.165, 1.54) is 6.08 Å². The maximum Gasteiger partial charge on any atom is 0.283 e. The molecule has 0 atom stereocenters. The van der Waals surface area contributed by atoms with E-state index in [2.05, 4.69) is 0 Å². The van der Waals surface area contributed by atoms with E-state index in [4.69, 9.17) is 10.8 Å². The van der Waals surface area contributed by atoms with Crippen molar-refractivity contribution in [2.75, 3.05) is 0 Å². The van der Waals surface area contributed by atoms with Crippen LogP contribution in [0.3, 0.4) is 0 Å². The molecule has 0 saturated heterocycles. The first-order chi connectivity index (χ1) is 5.70. The van der Waals surface area contributed by atoms with Gasteiger partial charge in [0.25, 0.3) is 5.91 Å². The number of primary amides is 1. The van der Waals surface area contributed by atoms with Crippen LogP contribution in [0, 0.1) is 0 Å². The number of carbonyl (C=O) groups excluding carboxylic acids is 1. The highest BCUT2D eigenvalue weighted by Gasteiger charge is 1.99. The Morgan fingerprint density at radius 1 is 1.33 bits per heavy atom. The smallest absolute Gasteiger partial charge is 0.283 e. The zero-order valence-corrected chi connectivity index (χ0v) is 6.40. The predicted molar refractivity (Wildman–Crippen MR) is 46.2 cm³/mol. The van der Waals surface area contributed by atoms with Crippen molar-refractivity contribution in [3.8, 4) is 0 Å². The highest BCUT2D eigenvalue weighted by Crippen LogP contribution is 2.03.